The van der Waals surface area contributed by atoms with Crippen LogP contribution in [0.3, 0.4) is 0 Å². The van der Waals surface area contributed by atoms with Gasteiger partial charge in [-0.1, -0.05) is 0 Å². The SMILES string of the molecule is CNc1ccc(S(=O)(=O)Nc2ccc(F)cc2F)cn1. The molecule has 2 rings (SSSR count). The van der Waals surface area contributed by atoms with Crippen molar-refractivity contribution in [2.24, 2.45) is 0 Å². The van der Waals surface area contributed by atoms with Gasteiger partial charge in [-0.3, -0.25) is 4.72 Å². The molecule has 0 unspecified atom stereocenters. The van der Waals surface area contributed by atoms with Crippen molar-refractivity contribution in [1.29, 1.82) is 0 Å². The highest BCUT2D eigenvalue weighted by Crippen LogP contribution is 2.20. The molecule has 0 amide bonds. The highest BCUT2D eigenvalue weighted by Gasteiger charge is 2.17. The molecule has 1 aromatic carbocycles. The van der Waals surface area contributed by atoms with E-state index in [1.54, 1.807) is 7.05 Å². The van der Waals surface area contributed by atoms with Crippen LogP contribution < -0.4 is 10.0 Å². The summed E-state index contributed by atoms with van der Waals surface area (Å²) in [6, 6.07) is 5.36. The Hall–Kier alpha value is -2.22. The lowest BCUT2D eigenvalue weighted by molar-refractivity contribution is 0.582. The Morgan fingerprint density at radius 1 is 1.15 bits per heavy atom. The Balaban J connectivity index is 2.30. The second-order valence-corrected chi connectivity index (χ2v) is 5.54. The van der Waals surface area contributed by atoms with Gasteiger partial charge in [-0.05, 0) is 24.3 Å². The third-order valence-electron chi connectivity index (χ3n) is 2.48. The average Bonchev–Trinajstić information content (AvgIpc) is 2.42. The number of halogens is 2. The first-order valence-corrected chi connectivity index (χ1v) is 7.02. The maximum atomic E-state index is 13.4. The van der Waals surface area contributed by atoms with E-state index in [1.807, 2.05) is 4.72 Å². The lowest BCUT2D eigenvalue weighted by atomic mass is 10.3. The molecular formula is C12H11F2N3O2S. The number of benzene rings is 1. The van der Waals surface area contributed by atoms with Crippen LogP contribution in [-0.4, -0.2) is 20.4 Å². The van der Waals surface area contributed by atoms with Gasteiger partial charge in [0.05, 0.1) is 5.69 Å². The van der Waals surface area contributed by atoms with Gasteiger partial charge in [-0.2, -0.15) is 0 Å². The molecule has 5 nitrogen and oxygen atoms in total. The zero-order chi connectivity index (χ0) is 14.8. The number of nitrogens with one attached hydrogen (secondary N) is 2. The minimum Gasteiger partial charge on any atom is -0.373 e. The first-order valence-electron chi connectivity index (χ1n) is 5.54. The molecule has 0 bridgehead atoms. The fourth-order valence-corrected chi connectivity index (χ4v) is 2.47. The van der Waals surface area contributed by atoms with Gasteiger partial charge < -0.3 is 5.32 Å². The predicted octanol–water partition coefficient (Wildman–Crippen LogP) is 2.20. The highest BCUT2D eigenvalue weighted by molar-refractivity contribution is 7.92. The van der Waals surface area contributed by atoms with Crippen LogP contribution in [0.5, 0.6) is 0 Å². The molecular weight excluding hydrogens is 288 g/mol. The largest absolute Gasteiger partial charge is 0.373 e. The van der Waals surface area contributed by atoms with E-state index in [2.05, 4.69) is 10.3 Å². The minimum atomic E-state index is -3.98. The Labute approximate surface area is 114 Å². The molecule has 1 aromatic heterocycles. The number of pyridine rings is 1. The Morgan fingerprint density at radius 3 is 2.45 bits per heavy atom. The van der Waals surface area contributed by atoms with E-state index in [1.165, 1.54) is 12.1 Å². The van der Waals surface area contributed by atoms with Gasteiger partial charge in [0.15, 0.2) is 0 Å². The van der Waals surface area contributed by atoms with Crippen LogP contribution in [0.4, 0.5) is 20.3 Å². The number of anilines is 2. The third-order valence-corrected chi connectivity index (χ3v) is 3.83. The maximum Gasteiger partial charge on any atom is 0.263 e. The van der Waals surface area contributed by atoms with Crippen LogP contribution in [-0.2, 0) is 10.0 Å². The van der Waals surface area contributed by atoms with Crippen molar-refractivity contribution in [3.8, 4) is 0 Å². The second-order valence-electron chi connectivity index (χ2n) is 3.86. The first kappa shape index (κ1) is 14.2. The summed E-state index contributed by atoms with van der Waals surface area (Å²) in [7, 11) is -2.33. The van der Waals surface area contributed by atoms with Crippen molar-refractivity contribution < 1.29 is 17.2 Å². The van der Waals surface area contributed by atoms with E-state index in [0.717, 1.165) is 18.3 Å². The molecule has 0 fully saturated rings. The van der Waals surface area contributed by atoms with E-state index < -0.39 is 21.7 Å². The van der Waals surface area contributed by atoms with Gasteiger partial charge in [0.25, 0.3) is 10.0 Å². The molecule has 2 N–H and O–H groups in total. The van der Waals surface area contributed by atoms with Crippen molar-refractivity contribution >= 4 is 21.5 Å². The van der Waals surface area contributed by atoms with E-state index >= 15 is 0 Å². The number of nitrogens with zero attached hydrogens (tertiary/aromatic N) is 1. The summed E-state index contributed by atoms with van der Waals surface area (Å²) in [6.45, 7) is 0. The molecule has 8 heteroatoms. The number of aromatic nitrogens is 1. The molecule has 0 aliphatic rings. The summed E-state index contributed by atoms with van der Waals surface area (Å²) in [5.41, 5.74) is -0.330. The van der Waals surface area contributed by atoms with E-state index in [9.17, 15) is 17.2 Å². The van der Waals surface area contributed by atoms with E-state index in [-0.39, 0.29) is 10.6 Å². The second kappa shape index (κ2) is 5.41. The Bertz CT molecular complexity index is 718. The lowest BCUT2D eigenvalue weighted by Crippen LogP contribution is -2.14. The fraction of sp³-hybridized carbons (Fsp3) is 0.0833. The lowest BCUT2D eigenvalue weighted by Gasteiger charge is -2.09. The molecule has 106 valence electrons. The topological polar surface area (TPSA) is 71.1 Å². The van der Waals surface area contributed by atoms with Crippen molar-refractivity contribution in [2.45, 2.75) is 4.90 Å². The maximum absolute atomic E-state index is 13.4. The summed E-state index contributed by atoms with van der Waals surface area (Å²) in [6.07, 6.45) is 1.13. The number of hydrogen-bond acceptors (Lipinski definition) is 4. The molecule has 0 aliphatic heterocycles. The molecule has 1 heterocycles. The zero-order valence-corrected chi connectivity index (χ0v) is 11.2. The van der Waals surface area contributed by atoms with Gasteiger partial charge in [0.1, 0.15) is 22.3 Å². The molecule has 0 saturated heterocycles. The third kappa shape index (κ3) is 3.02. The van der Waals surface area contributed by atoms with Crippen molar-refractivity contribution in [2.75, 3.05) is 17.1 Å². The number of rotatable bonds is 4. The van der Waals surface area contributed by atoms with Crippen molar-refractivity contribution in [1.82, 2.24) is 4.98 Å². The van der Waals surface area contributed by atoms with Crippen LogP contribution >= 0.6 is 0 Å². The van der Waals surface area contributed by atoms with E-state index in [0.29, 0.717) is 11.9 Å². The molecule has 2 aromatic rings. The fourth-order valence-electron chi connectivity index (χ4n) is 1.46. The Morgan fingerprint density at radius 2 is 1.90 bits per heavy atom. The van der Waals surface area contributed by atoms with E-state index in [4.69, 9.17) is 0 Å². The van der Waals surface area contributed by atoms with Gasteiger partial charge in [0.2, 0.25) is 0 Å². The van der Waals surface area contributed by atoms with Gasteiger partial charge in [-0.25, -0.2) is 22.2 Å². The normalized spacial score (nSPS) is 11.2. The monoisotopic (exact) mass is 299 g/mol. The van der Waals surface area contributed by atoms with Crippen LogP contribution in [0.2, 0.25) is 0 Å². The quantitative estimate of drug-likeness (QED) is 0.908. The smallest absolute Gasteiger partial charge is 0.263 e. The van der Waals surface area contributed by atoms with Gasteiger partial charge in [-0.15, -0.1) is 0 Å². The Kier molecular flexibility index (Phi) is 3.84. The predicted molar refractivity (Wildman–Crippen MR) is 71.0 cm³/mol. The van der Waals surface area contributed by atoms with Crippen molar-refractivity contribution in [3.05, 3.63) is 48.2 Å². The average molecular weight is 299 g/mol. The summed E-state index contributed by atoms with van der Waals surface area (Å²) < 4.78 is 52.2. The minimum absolute atomic E-state index is 0.125. The summed E-state index contributed by atoms with van der Waals surface area (Å²) in [5, 5.41) is 2.74. The van der Waals surface area contributed by atoms with Gasteiger partial charge >= 0.3 is 0 Å². The van der Waals surface area contributed by atoms with Crippen molar-refractivity contribution in [3.63, 3.8) is 0 Å². The van der Waals surface area contributed by atoms with Gasteiger partial charge in [0, 0.05) is 19.3 Å². The molecule has 0 aliphatic carbocycles. The van der Waals surface area contributed by atoms with Crippen LogP contribution in [0.15, 0.2) is 41.4 Å². The molecule has 0 radical (unpaired) electrons. The molecule has 0 atom stereocenters. The summed E-state index contributed by atoms with van der Waals surface area (Å²) in [4.78, 5) is 3.73. The zero-order valence-electron chi connectivity index (χ0n) is 10.4. The number of hydrogen-bond donors (Lipinski definition) is 2. The first-order chi connectivity index (χ1) is 9.42. The van der Waals surface area contributed by atoms with Crippen LogP contribution in [0.25, 0.3) is 0 Å². The highest BCUT2D eigenvalue weighted by atomic mass is 32.2. The summed E-state index contributed by atoms with van der Waals surface area (Å²) in [5.74, 6) is -1.28. The standard InChI is InChI=1S/C12H11F2N3O2S/c1-15-12-5-3-9(7-16-12)20(18,19)17-11-4-2-8(13)6-10(11)14/h2-7,17H,1H3,(H,15,16). The summed E-state index contributed by atoms with van der Waals surface area (Å²) >= 11 is 0. The number of sulfonamides is 1. The molecule has 20 heavy (non-hydrogen) atoms. The molecule has 0 spiro atoms. The van der Waals surface area contributed by atoms with Crippen LogP contribution in [0, 0.1) is 11.6 Å². The molecule has 0 saturated carbocycles. The van der Waals surface area contributed by atoms with Crippen LogP contribution in [0.1, 0.15) is 0 Å².